The summed E-state index contributed by atoms with van der Waals surface area (Å²) in [6.07, 6.45) is -26.7. The van der Waals surface area contributed by atoms with E-state index in [1.54, 1.807) is 19.9 Å². The van der Waals surface area contributed by atoms with E-state index in [9.17, 15) is 76.0 Å². The highest BCUT2D eigenvalue weighted by Gasteiger charge is 2.76. The summed E-state index contributed by atoms with van der Waals surface area (Å²) in [4.78, 5) is 26.5. The number of carbonyl (C=O) groups excluding carboxylic acids is 1. The highest BCUT2D eigenvalue weighted by Crippen LogP contribution is 2.76. The van der Waals surface area contributed by atoms with Crippen molar-refractivity contribution in [1.29, 1.82) is 0 Å². The van der Waals surface area contributed by atoms with Gasteiger partial charge >= 0.3 is 11.9 Å². The smallest absolute Gasteiger partial charge is 0.335 e. The van der Waals surface area contributed by atoms with Crippen LogP contribution in [0.5, 0.6) is 0 Å². The number of rotatable bonds is 11. The van der Waals surface area contributed by atoms with Gasteiger partial charge in [0.2, 0.25) is 0 Å². The highest BCUT2D eigenvalue weighted by molar-refractivity contribution is 5.87. The third-order valence-corrected chi connectivity index (χ3v) is 20.7. The minimum atomic E-state index is -2.07. The van der Waals surface area contributed by atoms with Crippen LogP contribution in [-0.2, 0) is 42.7 Å². The topological polar surface area (TPSA) is 362 Å². The first-order valence-corrected chi connectivity index (χ1v) is 26.6. The number of carboxylic acids is 1. The van der Waals surface area contributed by atoms with Crippen LogP contribution in [-0.4, -0.2) is 214 Å². The molecule has 3 heterocycles. The van der Waals surface area contributed by atoms with Crippen LogP contribution in [0.3, 0.4) is 0 Å². The molecule has 3 aliphatic heterocycles. The molecule has 27 atom stereocenters. The molecule has 13 N–H and O–H groups in total. The van der Waals surface area contributed by atoms with E-state index in [1.165, 1.54) is 6.92 Å². The second-order valence-corrected chi connectivity index (χ2v) is 25.1. The van der Waals surface area contributed by atoms with Crippen LogP contribution in [0.2, 0.25) is 0 Å². The number of fused-ring (bicyclic) bond motifs is 7. The molecular formula is C53H84O22. The fourth-order valence-corrected chi connectivity index (χ4v) is 15.8. The van der Waals surface area contributed by atoms with Gasteiger partial charge in [-0.2, -0.15) is 0 Å². The van der Waals surface area contributed by atoms with Crippen molar-refractivity contribution in [3.63, 3.8) is 0 Å². The van der Waals surface area contributed by atoms with Crippen LogP contribution in [0.15, 0.2) is 23.3 Å². The molecule has 0 unspecified atom stereocenters. The first-order chi connectivity index (χ1) is 34.9. The number of aliphatic hydroxyl groups is 12. The average molecular weight is 1070 g/mol. The molecule has 3 saturated heterocycles. The maximum atomic E-state index is 13.4. The van der Waals surface area contributed by atoms with E-state index in [0.29, 0.717) is 38.5 Å². The molecule has 22 nitrogen and oxygen atoms in total. The van der Waals surface area contributed by atoms with Crippen LogP contribution in [0.4, 0.5) is 0 Å². The molecule has 0 aromatic rings. The van der Waals surface area contributed by atoms with E-state index in [1.807, 2.05) is 34.6 Å². The Morgan fingerprint density at radius 3 is 1.92 bits per heavy atom. The van der Waals surface area contributed by atoms with Gasteiger partial charge in [0.15, 0.2) is 25.0 Å². The van der Waals surface area contributed by atoms with E-state index in [2.05, 4.69) is 19.9 Å². The van der Waals surface area contributed by atoms with E-state index >= 15 is 0 Å². The van der Waals surface area contributed by atoms with E-state index in [-0.39, 0.29) is 17.4 Å². The molecule has 8 rings (SSSR count). The average Bonchev–Trinajstić information content (AvgIpc) is 3.36. The third-order valence-electron chi connectivity index (χ3n) is 20.7. The zero-order chi connectivity index (χ0) is 55.6. The van der Waals surface area contributed by atoms with Gasteiger partial charge in [-0.05, 0) is 98.7 Å². The van der Waals surface area contributed by atoms with Crippen LogP contribution in [0, 0.1) is 50.2 Å². The predicted octanol–water partition coefficient (Wildman–Crippen LogP) is -0.866. The Labute approximate surface area is 437 Å². The summed E-state index contributed by atoms with van der Waals surface area (Å²) in [5.74, 6) is -3.19. The Morgan fingerprint density at radius 2 is 1.32 bits per heavy atom. The molecule has 0 aromatic carbocycles. The molecule has 0 amide bonds. The van der Waals surface area contributed by atoms with Crippen molar-refractivity contribution < 1.29 is 109 Å². The standard InChI is InChI=1S/C53H84O22/c1-11-21(2)44(68)75-42-41(65)48(4,5)18-24-23-12-13-27-50(8)16-15-28(49(6,7)26(50)14-17-51(27,9)52(23,10)39(63)40(64)53(24,42)20-55)71-47-37(73-46-34(61)32(59)30(57)25(19-54)70-46)35(62)36(38(74-47)43(66)67)72-45-33(60)31(58)29(56)22(3)69-45/h11-12,22,24-42,45-47,54-65H,13-20H2,1-10H3,(H,66,67)/b21-11-/t22-,24+,25+,26+,27+,28-,29-,30+,31+,32-,33+,34+,35-,36-,37+,38-,39-,40+,41-,42-,45-,46-,47+,50-,51+,52-,53-/m0/s1. The number of hydrogen-bond acceptors (Lipinski definition) is 21. The lowest BCUT2D eigenvalue weighted by molar-refractivity contribution is -0.390. The Morgan fingerprint density at radius 1 is 0.707 bits per heavy atom. The molecule has 22 heteroatoms. The van der Waals surface area contributed by atoms with Gasteiger partial charge in [0.1, 0.15) is 67.1 Å². The van der Waals surface area contributed by atoms with Gasteiger partial charge in [-0.15, -0.1) is 0 Å². The molecule has 428 valence electrons. The summed E-state index contributed by atoms with van der Waals surface area (Å²) in [6.45, 7) is 17.3. The van der Waals surface area contributed by atoms with Crippen LogP contribution >= 0.6 is 0 Å². The minimum absolute atomic E-state index is 0.113. The van der Waals surface area contributed by atoms with Gasteiger partial charge in [0.05, 0.1) is 49.1 Å². The molecule has 0 bridgehead atoms. The van der Waals surface area contributed by atoms with Crippen molar-refractivity contribution in [3.05, 3.63) is 23.3 Å². The second kappa shape index (κ2) is 20.7. The zero-order valence-electron chi connectivity index (χ0n) is 44.6. The first-order valence-electron chi connectivity index (χ1n) is 26.6. The number of hydrogen-bond donors (Lipinski definition) is 13. The van der Waals surface area contributed by atoms with Gasteiger partial charge in [-0.3, -0.25) is 0 Å². The highest BCUT2D eigenvalue weighted by atomic mass is 16.8. The first kappa shape index (κ1) is 58.8. The number of ether oxygens (including phenoxy) is 7. The lowest BCUT2D eigenvalue weighted by atomic mass is 9.32. The lowest BCUT2D eigenvalue weighted by Gasteiger charge is -2.73. The van der Waals surface area contributed by atoms with Crippen molar-refractivity contribution in [2.24, 2.45) is 50.2 Å². The van der Waals surface area contributed by atoms with Crippen molar-refractivity contribution in [2.75, 3.05) is 13.2 Å². The Balaban J connectivity index is 1.11. The zero-order valence-corrected chi connectivity index (χ0v) is 44.6. The number of aliphatic hydroxyl groups excluding tert-OH is 12. The Bertz CT molecular complexity index is 2170. The third kappa shape index (κ3) is 8.91. The molecule has 4 saturated carbocycles. The normalized spacial score (nSPS) is 52.5. The molecule has 8 aliphatic rings. The van der Waals surface area contributed by atoms with Gasteiger partial charge in [-0.25, -0.2) is 9.59 Å². The molecule has 0 spiro atoms. The Kier molecular flexibility index (Phi) is 16.2. The molecule has 0 aromatic heterocycles. The summed E-state index contributed by atoms with van der Waals surface area (Å²) in [5.41, 5.74) is -4.35. The van der Waals surface area contributed by atoms with Gasteiger partial charge < -0.3 is 99.5 Å². The van der Waals surface area contributed by atoms with Gasteiger partial charge in [-0.1, -0.05) is 66.2 Å². The summed E-state index contributed by atoms with van der Waals surface area (Å²) in [6, 6.07) is 0. The fraction of sp³-hybridized carbons (Fsp3) is 0.887. The van der Waals surface area contributed by atoms with Crippen LogP contribution in [0.1, 0.15) is 108 Å². The summed E-state index contributed by atoms with van der Waals surface area (Å²) in [5, 5.41) is 146. The van der Waals surface area contributed by atoms with Crippen molar-refractivity contribution >= 4 is 11.9 Å². The van der Waals surface area contributed by atoms with Crippen LogP contribution < -0.4 is 0 Å². The molecule has 5 aliphatic carbocycles. The summed E-state index contributed by atoms with van der Waals surface area (Å²) < 4.78 is 42.3. The lowest BCUT2D eigenvalue weighted by Crippen LogP contribution is -2.76. The number of allylic oxidation sites excluding steroid dienone is 2. The van der Waals surface area contributed by atoms with Crippen molar-refractivity contribution in [2.45, 2.75) is 230 Å². The Hall–Kier alpha value is -2.30. The molecule has 7 fully saturated rings. The van der Waals surface area contributed by atoms with Crippen LogP contribution in [0.25, 0.3) is 0 Å². The number of aliphatic carboxylic acids is 1. The number of esters is 1. The monoisotopic (exact) mass is 1070 g/mol. The van der Waals surface area contributed by atoms with Crippen molar-refractivity contribution in [1.82, 2.24) is 0 Å². The SMILES string of the molecule is C/C=C(/C)C(=O)O[C@H]1[C@H](O)C(C)(C)C[C@@H]2C3=CC[C@@H]4[C@@]5(C)CC[C@H](O[C@@H]6O[C@H](C(=O)O)[C@@H](O[C@@H]7O[C@@H](C)[C@H](O)[C@@H](O)[C@H]7O)[C@H](O)[C@H]6O[C@@H]6O[C@H](CO)[C@@H](O)[C@H](O)[C@H]6O)C(C)(C)[C@H]5CC[C@@]4(C)[C@]3(C)[C@@H](O)[C@@H](O)[C@]21CO. The number of carboxylic acid groups (broad SMARTS) is 1. The van der Waals surface area contributed by atoms with Crippen molar-refractivity contribution in [3.8, 4) is 0 Å². The maximum absolute atomic E-state index is 13.4. The second-order valence-electron chi connectivity index (χ2n) is 25.1. The largest absolute Gasteiger partial charge is 0.479 e. The maximum Gasteiger partial charge on any atom is 0.335 e. The predicted molar refractivity (Wildman–Crippen MR) is 258 cm³/mol. The van der Waals surface area contributed by atoms with E-state index in [4.69, 9.17) is 33.2 Å². The molecule has 75 heavy (non-hydrogen) atoms. The minimum Gasteiger partial charge on any atom is -0.479 e. The molecule has 0 radical (unpaired) electrons. The van der Waals surface area contributed by atoms with E-state index < -0.39 is 186 Å². The van der Waals surface area contributed by atoms with Gasteiger partial charge in [0, 0.05) is 11.0 Å². The summed E-state index contributed by atoms with van der Waals surface area (Å²) >= 11 is 0. The number of carbonyl (C=O) groups is 2. The fourth-order valence-electron chi connectivity index (χ4n) is 15.8. The van der Waals surface area contributed by atoms with Gasteiger partial charge in [0.25, 0.3) is 0 Å². The summed E-state index contributed by atoms with van der Waals surface area (Å²) in [7, 11) is 0. The molecular weight excluding hydrogens is 989 g/mol. The quantitative estimate of drug-likeness (QED) is 0.0518. The van der Waals surface area contributed by atoms with E-state index in [0.717, 1.165) is 5.57 Å².